The molecule has 1 aliphatic heterocycles. The molecule has 1 saturated heterocycles. The highest BCUT2D eigenvalue weighted by Gasteiger charge is 2.16. The molecule has 108 valence electrons. The Morgan fingerprint density at radius 3 is 2.85 bits per heavy atom. The van der Waals surface area contributed by atoms with E-state index in [4.69, 9.17) is 22.1 Å². The maximum Gasteiger partial charge on any atom is 0.199 e. The van der Waals surface area contributed by atoms with Crippen LogP contribution >= 0.6 is 23.6 Å². The topological polar surface area (TPSA) is 35.2 Å². The molecule has 0 amide bonds. The Kier molecular flexibility index (Phi) is 4.30. The number of ether oxygens (including phenoxy) is 1. The highest BCUT2D eigenvalue weighted by atomic mass is 32.1. The third-order valence-corrected chi connectivity index (χ3v) is 4.72. The van der Waals surface area contributed by atoms with Crippen molar-refractivity contribution in [3.63, 3.8) is 0 Å². The quantitative estimate of drug-likeness (QED) is 0.813. The van der Waals surface area contributed by atoms with Crippen LogP contribution in [0.3, 0.4) is 0 Å². The third kappa shape index (κ3) is 2.71. The van der Waals surface area contributed by atoms with E-state index in [1.54, 1.807) is 11.3 Å². The zero-order valence-corrected chi connectivity index (χ0v) is 13.1. The van der Waals surface area contributed by atoms with Gasteiger partial charge in [-0.2, -0.15) is 0 Å². The van der Waals surface area contributed by atoms with E-state index in [1.807, 2.05) is 10.7 Å². The second kappa shape index (κ2) is 6.17. The lowest BCUT2D eigenvalue weighted by Crippen LogP contribution is -2.37. The standard InChI is InChI=1S/C13H18N4OS2/c1-2-16-12(11-4-3-9-20-11)14-17(13(16)19)10-15-5-7-18-8-6-15/h3-4,9H,2,5-8,10H2,1H3. The summed E-state index contributed by atoms with van der Waals surface area (Å²) in [5.41, 5.74) is 0. The number of hydrogen-bond donors (Lipinski definition) is 0. The molecule has 0 unspecified atom stereocenters. The summed E-state index contributed by atoms with van der Waals surface area (Å²) in [5, 5.41) is 6.79. The Hall–Kier alpha value is -1.02. The normalized spacial score (nSPS) is 16.6. The summed E-state index contributed by atoms with van der Waals surface area (Å²) in [6.45, 7) is 7.15. The minimum atomic E-state index is 0.744. The number of morpholine rings is 1. The van der Waals surface area contributed by atoms with E-state index in [2.05, 4.69) is 27.8 Å². The van der Waals surface area contributed by atoms with Crippen LogP contribution in [0.4, 0.5) is 0 Å². The predicted octanol–water partition coefficient (Wildman–Crippen LogP) is 2.45. The molecular weight excluding hydrogens is 292 g/mol. The first kappa shape index (κ1) is 13.9. The van der Waals surface area contributed by atoms with Gasteiger partial charge < -0.3 is 4.74 Å². The lowest BCUT2D eigenvalue weighted by atomic mass is 10.4. The fourth-order valence-corrected chi connectivity index (χ4v) is 3.37. The van der Waals surface area contributed by atoms with E-state index in [1.165, 1.54) is 4.88 Å². The number of nitrogens with zero attached hydrogens (tertiary/aromatic N) is 4. The van der Waals surface area contributed by atoms with Gasteiger partial charge in [0.15, 0.2) is 10.6 Å². The molecule has 2 aromatic rings. The molecule has 0 aliphatic carbocycles. The molecule has 0 aromatic carbocycles. The molecule has 7 heteroatoms. The summed E-state index contributed by atoms with van der Waals surface area (Å²) in [5.74, 6) is 0.973. The van der Waals surface area contributed by atoms with Gasteiger partial charge in [0, 0.05) is 19.6 Å². The first-order valence-corrected chi connectivity index (χ1v) is 8.10. The Balaban J connectivity index is 1.90. The van der Waals surface area contributed by atoms with Crippen LogP contribution in [-0.2, 0) is 18.0 Å². The van der Waals surface area contributed by atoms with E-state index < -0.39 is 0 Å². The number of hydrogen-bond acceptors (Lipinski definition) is 5. The first-order valence-electron chi connectivity index (χ1n) is 6.81. The summed E-state index contributed by atoms with van der Waals surface area (Å²) in [6.07, 6.45) is 0. The first-order chi connectivity index (χ1) is 9.79. The zero-order valence-electron chi connectivity index (χ0n) is 11.5. The molecule has 0 saturated carbocycles. The molecule has 0 spiro atoms. The maximum atomic E-state index is 5.56. The second-order valence-corrected chi connectivity index (χ2v) is 6.01. The molecule has 0 atom stereocenters. The van der Waals surface area contributed by atoms with Crippen molar-refractivity contribution in [3.8, 4) is 10.7 Å². The van der Waals surface area contributed by atoms with Gasteiger partial charge in [-0.15, -0.1) is 16.4 Å². The van der Waals surface area contributed by atoms with Gasteiger partial charge in [-0.3, -0.25) is 9.47 Å². The van der Waals surface area contributed by atoms with Gasteiger partial charge in [-0.25, -0.2) is 4.68 Å². The van der Waals surface area contributed by atoms with Crippen molar-refractivity contribution in [3.05, 3.63) is 22.3 Å². The van der Waals surface area contributed by atoms with Crippen molar-refractivity contribution in [2.24, 2.45) is 0 Å². The highest BCUT2D eigenvalue weighted by Crippen LogP contribution is 2.23. The van der Waals surface area contributed by atoms with Gasteiger partial charge in [0.1, 0.15) is 0 Å². The minimum absolute atomic E-state index is 0.744. The third-order valence-electron chi connectivity index (χ3n) is 3.42. The molecule has 3 heterocycles. The largest absolute Gasteiger partial charge is 0.379 e. The Morgan fingerprint density at radius 2 is 2.20 bits per heavy atom. The molecule has 0 N–H and O–H groups in total. The van der Waals surface area contributed by atoms with E-state index in [0.717, 1.165) is 50.1 Å². The number of rotatable bonds is 4. The van der Waals surface area contributed by atoms with Gasteiger partial charge >= 0.3 is 0 Å². The average Bonchev–Trinajstić information content (AvgIpc) is 3.09. The van der Waals surface area contributed by atoms with Crippen LogP contribution in [-0.4, -0.2) is 45.6 Å². The number of thiophene rings is 1. The molecular formula is C13H18N4OS2. The van der Waals surface area contributed by atoms with Gasteiger partial charge in [0.25, 0.3) is 0 Å². The Bertz CT molecular complexity index is 611. The predicted molar refractivity (Wildman–Crippen MR) is 82.4 cm³/mol. The fourth-order valence-electron chi connectivity index (χ4n) is 2.34. The summed E-state index contributed by atoms with van der Waals surface area (Å²) in [6, 6.07) is 4.14. The van der Waals surface area contributed by atoms with Crippen LogP contribution < -0.4 is 0 Å². The van der Waals surface area contributed by atoms with Crippen LogP contribution in [0, 0.1) is 4.77 Å². The van der Waals surface area contributed by atoms with Crippen LogP contribution in [0.5, 0.6) is 0 Å². The molecule has 3 rings (SSSR count). The Labute approximate surface area is 127 Å². The second-order valence-electron chi connectivity index (χ2n) is 4.70. The van der Waals surface area contributed by atoms with E-state index >= 15 is 0 Å². The van der Waals surface area contributed by atoms with Crippen molar-refractivity contribution in [1.29, 1.82) is 0 Å². The highest BCUT2D eigenvalue weighted by molar-refractivity contribution is 7.71. The fraction of sp³-hybridized carbons (Fsp3) is 0.538. The molecule has 20 heavy (non-hydrogen) atoms. The smallest absolute Gasteiger partial charge is 0.199 e. The molecule has 0 radical (unpaired) electrons. The summed E-state index contributed by atoms with van der Waals surface area (Å²) in [7, 11) is 0. The Morgan fingerprint density at radius 1 is 1.40 bits per heavy atom. The van der Waals surface area contributed by atoms with Crippen LogP contribution in [0.25, 0.3) is 10.7 Å². The molecule has 2 aromatic heterocycles. The molecule has 5 nitrogen and oxygen atoms in total. The van der Waals surface area contributed by atoms with E-state index in [0.29, 0.717) is 0 Å². The molecule has 1 fully saturated rings. The van der Waals surface area contributed by atoms with Crippen LogP contribution in [0.15, 0.2) is 17.5 Å². The number of aromatic nitrogens is 3. The van der Waals surface area contributed by atoms with Gasteiger partial charge in [-0.05, 0) is 30.6 Å². The lowest BCUT2D eigenvalue weighted by molar-refractivity contribution is 0.0209. The average molecular weight is 310 g/mol. The van der Waals surface area contributed by atoms with Crippen LogP contribution in [0.1, 0.15) is 6.92 Å². The summed E-state index contributed by atoms with van der Waals surface area (Å²) >= 11 is 7.26. The van der Waals surface area contributed by atoms with Crippen molar-refractivity contribution in [1.82, 2.24) is 19.2 Å². The van der Waals surface area contributed by atoms with Gasteiger partial charge in [-0.1, -0.05) is 6.07 Å². The van der Waals surface area contributed by atoms with E-state index in [9.17, 15) is 0 Å². The summed E-state index contributed by atoms with van der Waals surface area (Å²) in [4.78, 5) is 3.49. The van der Waals surface area contributed by atoms with Gasteiger partial charge in [0.2, 0.25) is 0 Å². The molecule has 0 bridgehead atoms. The van der Waals surface area contributed by atoms with Crippen molar-refractivity contribution < 1.29 is 4.74 Å². The maximum absolute atomic E-state index is 5.56. The van der Waals surface area contributed by atoms with Crippen molar-refractivity contribution in [2.75, 3.05) is 26.3 Å². The van der Waals surface area contributed by atoms with E-state index in [-0.39, 0.29) is 0 Å². The monoisotopic (exact) mass is 310 g/mol. The van der Waals surface area contributed by atoms with Crippen LogP contribution in [0.2, 0.25) is 0 Å². The SMILES string of the molecule is CCn1c(-c2cccs2)nn(CN2CCOCC2)c1=S. The molecule has 1 aliphatic rings. The zero-order chi connectivity index (χ0) is 13.9. The van der Waals surface area contributed by atoms with Crippen molar-refractivity contribution in [2.45, 2.75) is 20.1 Å². The van der Waals surface area contributed by atoms with Gasteiger partial charge in [0.05, 0.1) is 24.8 Å². The minimum Gasteiger partial charge on any atom is -0.379 e. The lowest BCUT2D eigenvalue weighted by Gasteiger charge is -2.26. The summed E-state index contributed by atoms with van der Waals surface area (Å²) < 4.78 is 10.2. The van der Waals surface area contributed by atoms with Crippen molar-refractivity contribution >= 4 is 23.6 Å².